The average molecular weight is 277 g/mol. The number of hydrogen-bond acceptors (Lipinski definition) is 7. The van der Waals surface area contributed by atoms with E-state index in [1.165, 1.54) is 16.0 Å². The number of carbonyl (C=O) groups is 1. The number of carbonyl (C=O) groups excluding carboxylic acids is 1. The number of nitrogens with zero attached hydrogens (tertiary/aromatic N) is 4. The van der Waals surface area contributed by atoms with Crippen LogP contribution < -0.4 is 5.73 Å². The van der Waals surface area contributed by atoms with Crippen LogP contribution in [-0.4, -0.2) is 27.3 Å². The number of ether oxygens (including phenoxy) is 1. The molecule has 7 nitrogen and oxygen atoms in total. The van der Waals surface area contributed by atoms with Crippen molar-refractivity contribution >= 4 is 23.1 Å². The molecule has 0 bridgehead atoms. The van der Waals surface area contributed by atoms with Gasteiger partial charge in [-0.05, 0) is 13.8 Å². The molecule has 2 aromatic heterocycles. The topological polar surface area (TPSA) is 107 Å². The first-order chi connectivity index (χ1) is 9.08. The van der Waals surface area contributed by atoms with Gasteiger partial charge in [-0.15, -0.1) is 11.3 Å². The number of nitrogen functional groups attached to an aromatic ring is 1. The van der Waals surface area contributed by atoms with Crippen molar-refractivity contribution in [1.29, 1.82) is 5.26 Å². The second kappa shape index (κ2) is 5.07. The molecule has 2 aromatic rings. The van der Waals surface area contributed by atoms with Crippen LogP contribution in [0.15, 0.2) is 5.38 Å². The standard InChI is InChI=1S/C11H11N5O2S/c1-3-18-10(17)8-7(4-12)9(13)16(15-8)11-14-6(2)5-19-11/h5H,3,13H2,1-2H3. The van der Waals surface area contributed by atoms with E-state index in [9.17, 15) is 4.79 Å². The number of nitriles is 1. The van der Waals surface area contributed by atoms with Crippen LogP contribution >= 0.6 is 11.3 Å². The number of aryl methyl sites for hydroxylation is 1. The zero-order valence-electron chi connectivity index (χ0n) is 10.4. The van der Waals surface area contributed by atoms with Gasteiger partial charge in [0.1, 0.15) is 17.5 Å². The van der Waals surface area contributed by atoms with Crippen molar-refractivity contribution in [1.82, 2.24) is 14.8 Å². The molecule has 0 radical (unpaired) electrons. The normalized spacial score (nSPS) is 10.2. The molecule has 0 amide bonds. The number of anilines is 1. The van der Waals surface area contributed by atoms with Crippen LogP contribution in [0.5, 0.6) is 0 Å². The van der Waals surface area contributed by atoms with Gasteiger partial charge in [0.25, 0.3) is 0 Å². The Labute approximate surface area is 113 Å². The zero-order chi connectivity index (χ0) is 14.0. The summed E-state index contributed by atoms with van der Waals surface area (Å²) in [5.41, 5.74) is 6.56. The van der Waals surface area contributed by atoms with Crippen molar-refractivity contribution in [3.63, 3.8) is 0 Å². The SMILES string of the molecule is CCOC(=O)c1nn(-c2nc(C)cs2)c(N)c1C#N. The molecular weight excluding hydrogens is 266 g/mol. The van der Waals surface area contributed by atoms with Crippen LogP contribution in [0.4, 0.5) is 5.82 Å². The monoisotopic (exact) mass is 277 g/mol. The number of aromatic nitrogens is 3. The summed E-state index contributed by atoms with van der Waals surface area (Å²) >= 11 is 1.32. The van der Waals surface area contributed by atoms with Crippen LogP contribution in [0.3, 0.4) is 0 Å². The van der Waals surface area contributed by atoms with E-state index in [0.717, 1.165) is 5.69 Å². The fraction of sp³-hybridized carbons (Fsp3) is 0.273. The van der Waals surface area contributed by atoms with Crippen LogP contribution in [0, 0.1) is 18.3 Å². The van der Waals surface area contributed by atoms with Crippen LogP contribution in [-0.2, 0) is 4.74 Å². The highest BCUT2D eigenvalue weighted by Gasteiger charge is 2.24. The van der Waals surface area contributed by atoms with Gasteiger partial charge in [0.2, 0.25) is 5.13 Å². The van der Waals surface area contributed by atoms with Gasteiger partial charge in [0.05, 0.1) is 12.3 Å². The maximum atomic E-state index is 11.7. The van der Waals surface area contributed by atoms with Crippen molar-refractivity contribution < 1.29 is 9.53 Å². The summed E-state index contributed by atoms with van der Waals surface area (Å²) in [6, 6.07) is 1.87. The molecule has 0 fully saturated rings. The van der Waals surface area contributed by atoms with Gasteiger partial charge in [-0.2, -0.15) is 15.0 Å². The molecular formula is C11H11N5O2S. The minimum atomic E-state index is -0.669. The lowest BCUT2D eigenvalue weighted by Crippen LogP contribution is -2.08. The van der Waals surface area contributed by atoms with E-state index in [1.54, 1.807) is 6.92 Å². The number of rotatable bonds is 3. The minimum Gasteiger partial charge on any atom is -0.461 e. The summed E-state index contributed by atoms with van der Waals surface area (Å²) in [4.78, 5) is 15.9. The lowest BCUT2D eigenvalue weighted by atomic mass is 10.2. The maximum Gasteiger partial charge on any atom is 0.360 e. The first-order valence-corrected chi connectivity index (χ1v) is 6.34. The smallest absolute Gasteiger partial charge is 0.360 e. The molecule has 2 N–H and O–H groups in total. The van der Waals surface area contributed by atoms with Crippen molar-refractivity contribution in [3.8, 4) is 11.2 Å². The predicted octanol–water partition coefficient (Wildman–Crippen LogP) is 1.27. The lowest BCUT2D eigenvalue weighted by Gasteiger charge is -1.97. The molecule has 2 rings (SSSR count). The fourth-order valence-electron chi connectivity index (χ4n) is 1.47. The highest BCUT2D eigenvalue weighted by molar-refractivity contribution is 7.12. The van der Waals surface area contributed by atoms with Crippen LogP contribution in [0.25, 0.3) is 5.13 Å². The Morgan fingerprint density at radius 1 is 1.68 bits per heavy atom. The van der Waals surface area contributed by atoms with E-state index in [-0.39, 0.29) is 23.7 Å². The molecule has 0 unspecified atom stereocenters. The Morgan fingerprint density at radius 2 is 2.42 bits per heavy atom. The summed E-state index contributed by atoms with van der Waals surface area (Å²) in [5.74, 6) is -0.585. The first-order valence-electron chi connectivity index (χ1n) is 5.46. The number of thiazole rings is 1. The Balaban J connectivity index is 2.54. The lowest BCUT2D eigenvalue weighted by molar-refractivity contribution is 0.0518. The van der Waals surface area contributed by atoms with Gasteiger partial charge in [-0.25, -0.2) is 9.78 Å². The molecule has 2 heterocycles. The van der Waals surface area contributed by atoms with Gasteiger partial charge in [-0.3, -0.25) is 0 Å². The summed E-state index contributed by atoms with van der Waals surface area (Å²) in [6.07, 6.45) is 0. The molecule has 0 aliphatic heterocycles. The number of nitrogens with two attached hydrogens (primary N) is 1. The van der Waals surface area contributed by atoms with Gasteiger partial charge < -0.3 is 10.5 Å². The largest absolute Gasteiger partial charge is 0.461 e. The van der Waals surface area contributed by atoms with Gasteiger partial charge in [0.15, 0.2) is 5.69 Å². The third kappa shape index (κ3) is 2.28. The summed E-state index contributed by atoms with van der Waals surface area (Å²) in [7, 11) is 0. The van der Waals surface area contributed by atoms with Crippen molar-refractivity contribution in [2.24, 2.45) is 0 Å². The highest BCUT2D eigenvalue weighted by Crippen LogP contribution is 2.23. The Kier molecular flexibility index (Phi) is 3.48. The van der Waals surface area contributed by atoms with E-state index < -0.39 is 5.97 Å². The van der Waals surface area contributed by atoms with E-state index in [2.05, 4.69) is 10.1 Å². The Morgan fingerprint density at radius 3 is 2.95 bits per heavy atom. The number of hydrogen-bond donors (Lipinski definition) is 1. The molecule has 8 heteroatoms. The summed E-state index contributed by atoms with van der Waals surface area (Å²) in [5, 5.41) is 15.4. The molecule has 19 heavy (non-hydrogen) atoms. The molecule has 0 aliphatic carbocycles. The summed E-state index contributed by atoms with van der Waals surface area (Å²) < 4.78 is 6.12. The highest BCUT2D eigenvalue weighted by atomic mass is 32.1. The third-order valence-corrected chi connectivity index (χ3v) is 3.22. The summed E-state index contributed by atoms with van der Waals surface area (Å²) in [6.45, 7) is 3.71. The fourth-order valence-corrected chi connectivity index (χ4v) is 2.23. The van der Waals surface area contributed by atoms with E-state index in [0.29, 0.717) is 5.13 Å². The van der Waals surface area contributed by atoms with E-state index >= 15 is 0 Å². The van der Waals surface area contributed by atoms with Gasteiger partial charge in [0, 0.05) is 5.38 Å². The second-order valence-electron chi connectivity index (χ2n) is 3.62. The minimum absolute atomic E-state index is 0.00584. The van der Waals surface area contributed by atoms with Crippen molar-refractivity contribution in [3.05, 3.63) is 22.3 Å². The van der Waals surface area contributed by atoms with Crippen molar-refractivity contribution in [2.75, 3.05) is 12.3 Å². The molecule has 0 saturated heterocycles. The van der Waals surface area contributed by atoms with Gasteiger partial charge in [-0.1, -0.05) is 0 Å². The second-order valence-corrected chi connectivity index (χ2v) is 4.46. The molecule has 0 saturated carbocycles. The molecule has 98 valence electrons. The van der Waals surface area contributed by atoms with E-state index in [4.69, 9.17) is 15.7 Å². The predicted molar refractivity (Wildman–Crippen MR) is 69.1 cm³/mol. The Hall–Kier alpha value is -2.40. The first kappa shape index (κ1) is 13.0. The molecule has 0 aromatic carbocycles. The average Bonchev–Trinajstić information content (AvgIpc) is 2.93. The van der Waals surface area contributed by atoms with Crippen molar-refractivity contribution in [2.45, 2.75) is 13.8 Å². The van der Waals surface area contributed by atoms with Gasteiger partial charge >= 0.3 is 5.97 Å². The maximum absolute atomic E-state index is 11.7. The molecule has 0 atom stereocenters. The molecule has 0 aliphatic rings. The van der Waals surface area contributed by atoms with E-state index in [1.807, 2.05) is 18.4 Å². The van der Waals surface area contributed by atoms with Crippen LogP contribution in [0.2, 0.25) is 0 Å². The quantitative estimate of drug-likeness (QED) is 0.846. The Bertz CT molecular complexity index is 667. The van der Waals surface area contributed by atoms with Crippen LogP contribution in [0.1, 0.15) is 28.7 Å². The molecule has 0 spiro atoms. The zero-order valence-corrected chi connectivity index (χ0v) is 11.2. The number of esters is 1. The third-order valence-electron chi connectivity index (χ3n) is 2.29.